The number of thiazole rings is 1. The Morgan fingerprint density at radius 3 is 2.91 bits per heavy atom. The minimum absolute atomic E-state index is 0.121. The van der Waals surface area contributed by atoms with Crippen molar-refractivity contribution in [2.24, 2.45) is 0 Å². The fourth-order valence-corrected chi connectivity index (χ4v) is 5.17. The summed E-state index contributed by atoms with van der Waals surface area (Å²) in [6, 6.07) is 6.34. The van der Waals surface area contributed by atoms with E-state index in [4.69, 9.17) is 4.74 Å². The second-order valence-electron chi connectivity index (χ2n) is 7.77. The Morgan fingerprint density at radius 1 is 1.34 bits per heavy atom. The van der Waals surface area contributed by atoms with E-state index in [0.29, 0.717) is 29.3 Å². The standard InChI is InChI=1S/C23H27N5O2S2/c1-4-11-28-20(13-30-19-10-9-17-7-5-6-8-18(17)12-19)26-27-23(28)32-16(3)21(29)25-22-24-15(2)14-31-22/h4,9-10,12,14,16H,1,5-8,11,13H2,2-3H3,(H,24,25,29)/t16-/m0/s1. The van der Waals surface area contributed by atoms with Gasteiger partial charge in [-0.2, -0.15) is 0 Å². The maximum absolute atomic E-state index is 12.6. The zero-order valence-electron chi connectivity index (χ0n) is 18.3. The maximum Gasteiger partial charge on any atom is 0.239 e. The summed E-state index contributed by atoms with van der Waals surface area (Å²) >= 11 is 2.77. The topological polar surface area (TPSA) is 81.9 Å². The molecule has 0 spiro atoms. The molecular formula is C23H27N5O2S2. The summed E-state index contributed by atoms with van der Waals surface area (Å²) in [7, 11) is 0. The number of rotatable bonds is 9. The van der Waals surface area contributed by atoms with Gasteiger partial charge in [-0.05, 0) is 62.8 Å². The molecule has 1 aliphatic rings. The lowest BCUT2D eigenvalue weighted by Crippen LogP contribution is -2.23. The number of carbonyl (C=O) groups excluding carboxylic acids is 1. The molecule has 0 bridgehead atoms. The number of thioether (sulfide) groups is 1. The zero-order chi connectivity index (χ0) is 22.5. The number of nitrogens with one attached hydrogen (secondary N) is 1. The van der Waals surface area contributed by atoms with Gasteiger partial charge < -0.3 is 10.1 Å². The average Bonchev–Trinajstić information content (AvgIpc) is 3.38. The van der Waals surface area contributed by atoms with E-state index in [0.717, 1.165) is 24.3 Å². The molecule has 0 saturated carbocycles. The third-order valence-corrected chi connectivity index (χ3v) is 7.25. The molecule has 0 radical (unpaired) electrons. The van der Waals surface area contributed by atoms with Crippen molar-refractivity contribution in [1.82, 2.24) is 19.7 Å². The number of hydrogen-bond donors (Lipinski definition) is 1. The minimum Gasteiger partial charge on any atom is -0.486 e. The van der Waals surface area contributed by atoms with Crippen LogP contribution in [0.25, 0.3) is 0 Å². The highest BCUT2D eigenvalue weighted by atomic mass is 32.2. The van der Waals surface area contributed by atoms with Crippen LogP contribution in [0.4, 0.5) is 5.13 Å². The first-order valence-corrected chi connectivity index (χ1v) is 12.5. The van der Waals surface area contributed by atoms with Crippen LogP contribution in [-0.2, 0) is 30.8 Å². The molecule has 0 aliphatic heterocycles. The van der Waals surface area contributed by atoms with Gasteiger partial charge in [0.05, 0.1) is 10.9 Å². The van der Waals surface area contributed by atoms with Crippen molar-refractivity contribution < 1.29 is 9.53 Å². The first-order chi connectivity index (χ1) is 15.5. The highest BCUT2D eigenvalue weighted by Crippen LogP contribution is 2.27. The minimum atomic E-state index is -0.360. The van der Waals surface area contributed by atoms with Crippen LogP contribution < -0.4 is 10.1 Å². The molecule has 7 nitrogen and oxygen atoms in total. The summed E-state index contributed by atoms with van der Waals surface area (Å²) in [6.07, 6.45) is 6.55. The van der Waals surface area contributed by atoms with E-state index in [1.165, 1.54) is 47.1 Å². The lowest BCUT2D eigenvalue weighted by atomic mass is 9.92. The Morgan fingerprint density at radius 2 is 2.16 bits per heavy atom. The first-order valence-electron chi connectivity index (χ1n) is 10.7. The molecule has 0 fully saturated rings. The number of fused-ring (bicyclic) bond motifs is 1. The summed E-state index contributed by atoms with van der Waals surface area (Å²) in [4.78, 5) is 16.8. The highest BCUT2D eigenvalue weighted by molar-refractivity contribution is 8.00. The molecule has 0 saturated heterocycles. The third-order valence-electron chi connectivity index (χ3n) is 5.29. The summed E-state index contributed by atoms with van der Waals surface area (Å²) in [5.41, 5.74) is 3.70. The molecule has 1 amide bonds. The van der Waals surface area contributed by atoms with E-state index in [1.807, 2.05) is 29.9 Å². The fourth-order valence-electron chi connectivity index (χ4n) is 3.60. The zero-order valence-corrected chi connectivity index (χ0v) is 20.0. The van der Waals surface area contributed by atoms with Crippen LogP contribution in [0.2, 0.25) is 0 Å². The number of nitrogens with zero attached hydrogens (tertiary/aromatic N) is 4. The largest absolute Gasteiger partial charge is 0.486 e. The van der Waals surface area contributed by atoms with Gasteiger partial charge in [0.2, 0.25) is 5.91 Å². The summed E-state index contributed by atoms with van der Waals surface area (Å²) < 4.78 is 7.98. The van der Waals surface area contributed by atoms with Gasteiger partial charge in [0.15, 0.2) is 16.1 Å². The summed E-state index contributed by atoms with van der Waals surface area (Å²) in [5, 5.41) is 14.3. The lowest BCUT2D eigenvalue weighted by Gasteiger charge is -2.17. The Balaban J connectivity index is 1.41. The molecule has 3 aromatic rings. The normalized spacial score (nSPS) is 13.9. The van der Waals surface area contributed by atoms with Crippen LogP contribution in [0.3, 0.4) is 0 Å². The van der Waals surface area contributed by atoms with Gasteiger partial charge in [-0.15, -0.1) is 28.1 Å². The van der Waals surface area contributed by atoms with E-state index in [-0.39, 0.29) is 11.2 Å². The van der Waals surface area contributed by atoms with Crippen LogP contribution in [0.1, 0.15) is 42.4 Å². The molecule has 1 aliphatic carbocycles. The van der Waals surface area contributed by atoms with Crippen LogP contribution in [0.15, 0.2) is 41.4 Å². The first kappa shape index (κ1) is 22.5. The number of amides is 1. The molecule has 9 heteroatoms. The van der Waals surface area contributed by atoms with Crippen LogP contribution in [0.5, 0.6) is 5.75 Å². The van der Waals surface area contributed by atoms with Crippen molar-refractivity contribution in [1.29, 1.82) is 0 Å². The number of anilines is 1. The molecular weight excluding hydrogens is 442 g/mol. The molecule has 32 heavy (non-hydrogen) atoms. The van der Waals surface area contributed by atoms with Crippen molar-refractivity contribution in [3.63, 3.8) is 0 Å². The molecule has 4 rings (SSSR count). The van der Waals surface area contributed by atoms with Crippen LogP contribution in [-0.4, -0.2) is 30.9 Å². The number of benzene rings is 1. The van der Waals surface area contributed by atoms with Gasteiger partial charge in [-0.3, -0.25) is 9.36 Å². The molecule has 0 unspecified atom stereocenters. The predicted octanol–water partition coefficient (Wildman–Crippen LogP) is 4.81. The number of ether oxygens (including phenoxy) is 1. The number of carbonyl (C=O) groups is 1. The van der Waals surface area contributed by atoms with Crippen molar-refractivity contribution >= 4 is 34.1 Å². The van der Waals surface area contributed by atoms with Crippen molar-refractivity contribution in [2.45, 2.75) is 63.1 Å². The average molecular weight is 470 g/mol. The van der Waals surface area contributed by atoms with E-state index >= 15 is 0 Å². The second-order valence-corrected chi connectivity index (χ2v) is 9.93. The van der Waals surface area contributed by atoms with Crippen molar-refractivity contribution in [3.8, 4) is 5.75 Å². The van der Waals surface area contributed by atoms with Crippen LogP contribution in [0, 0.1) is 6.92 Å². The number of hydrogen-bond acceptors (Lipinski definition) is 7. The second kappa shape index (κ2) is 10.3. The fraction of sp³-hybridized carbons (Fsp3) is 0.391. The monoisotopic (exact) mass is 469 g/mol. The van der Waals surface area contributed by atoms with Gasteiger partial charge in [0.1, 0.15) is 12.4 Å². The van der Waals surface area contributed by atoms with Crippen molar-refractivity contribution in [2.75, 3.05) is 5.32 Å². The van der Waals surface area contributed by atoms with Crippen LogP contribution >= 0.6 is 23.1 Å². The Labute approximate surface area is 196 Å². The van der Waals surface area contributed by atoms with Gasteiger partial charge in [0, 0.05) is 11.9 Å². The molecule has 1 aromatic carbocycles. The van der Waals surface area contributed by atoms with Gasteiger partial charge in [0.25, 0.3) is 0 Å². The highest BCUT2D eigenvalue weighted by Gasteiger charge is 2.21. The Hall–Kier alpha value is -2.65. The van der Waals surface area contributed by atoms with E-state index in [1.54, 1.807) is 6.08 Å². The van der Waals surface area contributed by atoms with Gasteiger partial charge in [-0.25, -0.2) is 4.98 Å². The Kier molecular flexibility index (Phi) is 7.26. The molecule has 2 aromatic heterocycles. The number of aryl methyl sites for hydroxylation is 3. The van der Waals surface area contributed by atoms with Crippen molar-refractivity contribution in [3.05, 3.63) is 58.9 Å². The predicted molar refractivity (Wildman–Crippen MR) is 128 cm³/mol. The maximum atomic E-state index is 12.6. The lowest BCUT2D eigenvalue weighted by molar-refractivity contribution is -0.115. The Bertz CT molecular complexity index is 1110. The molecule has 2 heterocycles. The van der Waals surface area contributed by atoms with Gasteiger partial charge in [-0.1, -0.05) is 23.9 Å². The van der Waals surface area contributed by atoms with Gasteiger partial charge >= 0.3 is 0 Å². The third kappa shape index (κ3) is 5.39. The number of aromatic nitrogens is 4. The smallest absolute Gasteiger partial charge is 0.239 e. The molecule has 168 valence electrons. The number of allylic oxidation sites excluding steroid dienone is 1. The molecule has 1 atom stereocenters. The SMILES string of the molecule is C=CCn1c(COc2ccc3c(c2)CCCC3)nnc1S[C@@H](C)C(=O)Nc1nc(C)cs1. The van der Waals surface area contributed by atoms with E-state index < -0.39 is 0 Å². The quantitative estimate of drug-likeness (QED) is 0.358. The summed E-state index contributed by atoms with van der Waals surface area (Å²) in [5.74, 6) is 1.43. The van der Waals surface area contributed by atoms with E-state index in [9.17, 15) is 4.79 Å². The van der Waals surface area contributed by atoms with E-state index in [2.05, 4.69) is 39.2 Å². The molecule has 1 N–H and O–H groups in total. The summed E-state index contributed by atoms with van der Waals surface area (Å²) in [6.45, 7) is 8.43.